The van der Waals surface area contributed by atoms with Crippen LogP contribution in [0, 0.1) is 0 Å². The molecule has 0 atom stereocenters. The van der Waals surface area contributed by atoms with Gasteiger partial charge in [-0.05, 0) is 6.07 Å². The summed E-state index contributed by atoms with van der Waals surface area (Å²) in [7, 11) is 3.77. The number of carbonyl (C=O) groups is 1. The molecule has 0 N–H and O–H groups in total. The van der Waals surface area contributed by atoms with Gasteiger partial charge in [0, 0.05) is 43.5 Å². The topological polar surface area (TPSA) is 25.2 Å². The maximum Gasteiger partial charge on any atom is 0.227 e. The summed E-state index contributed by atoms with van der Waals surface area (Å²) in [6.45, 7) is 0. The van der Waals surface area contributed by atoms with Gasteiger partial charge in [0.2, 0.25) is 5.91 Å². The molecule has 4 heteroatoms. The number of hydrogen-bond donors (Lipinski definition) is 0. The van der Waals surface area contributed by atoms with Crippen LogP contribution in [0.15, 0.2) is 30.5 Å². The van der Waals surface area contributed by atoms with E-state index in [-0.39, 0.29) is 5.91 Å². The van der Waals surface area contributed by atoms with Gasteiger partial charge in [-0.25, -0.2) is 0 Å². The zero-order valence-corrected chi connectivity index (χ0v) is 10.7. The van der Waals surface area contributed by atoms with Crippen LogP contribution in [-0.4, -0.2) is 23.4 Å². The van der Waals surface area contributed by atoms with Crippen LogP contribution in [0.4, 0.5) is 5.69 Å². The van der Waals surface area contributed by atoms with Gasteiger partial charge >= 0.3 is 0 Å². The number of halogens is 1. The molecule has 2 rings (SSSR count). The van der Waals surface area contributed by atoms with Gasteiger partial charge in [0.25, 0.3) is 0 Å². The van der Waals surface area contributed by atoms with Crippen LogP contribution in [0.25, 0.3) is 10.9 Å². The van der Waals surface area contributed by atoms with E-state index in [1.54, 1.807) is 11.9 Å². The molecule has 1 aromatic heterocycles. The third kappa shape index (κ3) is 2.15. The fraction of sp³-hybridized carbons (Fsp3) is 0.308. The Labute approximate surface area is 106 Å². The van der Waals surface area contributed by atoms with Crippen molar-refractivity contribution in [1.82, 2.24) is 4.57 Å². The number of alkyl halides is 1. The molecule has 0 aliphatic rings. The van der Waals surface area contributed by atoms with E-state index in [4.69, 9.17) is 11.6 Å². The standard InChI is InChI=1S/C13H15ClN2O/c1-15-9-12(16(2)13(17)7-8-14)10-5-3-4-6-11(10)15/h3-6,9H,7-8H2,1-2H3. The summed E-state index contributed by atoms with van der Waals surface area (Å²) in [5, 5.41) is 1.08. The number of anilines is 1. The van der Waals surface area contributed by atoms with Crippen LogP contribution in [0.1, 0.15) is 6.42 Å². The summed E-state index contributed by atoms with van der Waals surface area (Å²) < 4.78 is 2.02. The maximum atomic E-state index is 11.8. The molecule has 0 fully saturated rings. The Kier molecular flexibility index (Phi) is 3.38. The Morgan fingerprint density at radius 1 is 1.41 bits per heavy atom. The second-order valence-corrected chi connectivity index (χ2v) is 4.41. The number of aromatic nitrogens is 1. The van der Waals surface area contributed by atoms with Crippen LogP contribution >= 0.6 is 11.6 Å². The highest BCUT2D eigenvalue weighted by Crippen LogP contribution is 2.27. The van der Waals surface area contributed by atoms with Gasteiger partial charge in [-0.2, -0.15) is 0 Å². The van der Waals surface area contributed by atoms with Crippen molar-refractivity contribution in [3.63, 3.8) is 0 Å². The highest BCUT2D eigenvalue weighted by atomic mass is 35.5. The fourth-order valence-electron chi connectivity index (χ4n) is 1.97. The van der Waals surface area contributed by atoms with Crippen molar-refractivity contribution in [2.24, 2.45) is 7.05 Å². The van der Waals surface area contributed by atoms with Gasteiger partial charge in [0.1, 0.15) is 0 Å². The first kappa shape index (κ1) is 12.0. The average molecular weight is 251 g/mol. The molecule has 0 aliphatic carbocycles. The van der Waals surface area contributed by atoms with E-state index in [0.29, 0.717) is 12.3 Å². The second-order valence-electron chi connectivity index (χ2n) is 4.03. The van der Waals surface area contributed by atoms with E-state index in [1.807, 2.05) is 42.1 Å². The van der Waals surface area contributed by atoms with E-state index in [0.717, 1.165) is 16.6 Å². The first-order valence-corrected chi connectivity index (χ1v) is 6.05. The van der Waals surface area contributed by atoms with E-state index in [9.17, 15) is 4.79 Å². The molecule has 0 unspecified atom stereocenters. The van der Waals surface area contributed by atoms with Gasteiger partial charge in [-0.1, -0.05) is 18.2 Å². The van der Waals surface area contributed by atoms with Crippen molar-refractivity contribution in [3.05, 3.63) is 30.5 Å². The number of rotatable bonds is 3. The lowest BCUT2D eigenvalue weighted by Gasteiger charge is -2.15. The Morgan fingerprint density at radius 2 is 2.12 bits per heavy atom. The van der Waals surface area contributed by atoms with Crippen molar-refractivity contribution < 1.29 is 4.79 Å². The van der Waals surface area contributed by atoms with E-state index < -0.39 is 0 Å². The van der Waals surface area contributed by atoms with Crippen LogP contribution in [0.2, 0.25) is 0 Å². The van der Waals surface area contributed by atoms with Crippen LogP contribution < -0.4 is 4.90 Å². The first-order valence-electron chi connectivity index (χ1n) is 5.51. The van der Waals surface area contributed by atoms with Gasteiger partial charge < -0.3 is 9.47 Å². The molecule has 2 aromatic rings. The normalized spacial score (nSPS) is 10.8. The number of benzene rings is 1. The number of amides is 1. The quantitative estimate of drug-likeness (QED) is 0.769. The Morgan fingerprint density at radius 3 is 2.82 bits per heavy atom. The molecule has 90 valence electrons. The van der Waals surface area contributed by atoms with Gasteiger partial charge in [-0.3, -0.25) is 4.79 Å². The third-order valence-corrected chi connectivity index (χ3v) is 3.11. The molecular formula is C13H15ClN2O. The molecule has 3 nitrogen and oxygen atoms in total. The molecule has 0 saturated carbocycles. The molecular weight excluding hydrogens is 236 g/mol. The summed E-state index contributed by atoms with van der Waals surface area (Å²) >= 11 is 5.60. The van der Waals surface area contributed by atoms with E-state index in [2.05, 4.69) is 0 Å². The lowest BCUT2D eigenvalue weighted by atomic mass is 10.2. The Bertz CT molecular complexity index is 547. The molecule has 0 radical (unpaired) electrons. The van der Waals surface area contributed by atoms with Crippen LogP contribution in [-0.2, 0) is 11.8 Å². The monoisotopic (exact) mass is 250 g/mol. The number of aryl methyl sites for hydroxylation is 1. The smallest absolute Gasteiger partial charge is 0.227 e. The average Bonchev–Trinajstić information content (AvgIpc) is 2.67. The van der Waals surface area contributed by atoms with E-state index >= 15 is 0 Å². The van der Waals surface area contributed by atoms with Crippen LogP contribution in [0.3, 0.4) is 0 Å². The molecule has 0 aliphatic heterocycles. The fourth-order valence-corrected chi connectivity index (χ4v) is 2.13. The van der Waals surface area contributed by atoms with E-state index in [1.165, 1.54) is 0 Å². The highest BCUT2D eigenvalue weighted by molar-refractivity contribution is 6.19. The minimum atomic E-state index is 0.0383. The van der Waals surface area contributed by atoms with Gasteiger partial charge in [0.05, 0.1) is 5.69 Å². The second kappa shape index (κ2) is 4.80. The molecule has 1 amide bonds. The highest BCUT2D eigenvalue weighted by Gasteiger charge is 2.15. The summed E-state index contributed by atoms with van der Waals surface area (Å²) in [5.74, 6) is 0.393. The summed E-state index contributed by atoms with van der Waals surface area (Å²) in [6, 6.07) is 8.03. The van der Waals surface area contributed by atoms with Gasteiger partial charge in [0.15, 0.2) is 0 Å². The first-order chi connectivity index (χ1) is 8.15. The number of fused-ring (bicyclic) bond motifs is 1. The zero-order valence-electron chi connectivity index (χ0n) is 9.98. The zero-order chi connectivity index (χ0) is 12.4. The van der Waals surface area contributed by atoms with Crippen molar-refractivity contribution in [2.75, 3.05) is 17.8 Å². The molecule has 0 saturated heterocycles. The largest absolute Gasteiger partial charge is 0.348 e. The molecule has 0 spiro atoms. The van der Waals surface area contributed by atoms with Crippen molar-refractivity contribution in [1.29, 1.82) is 0 Å². The van der Waals surface area contributed by atoms with Crippen LogP contribution in [0.5, 0.6) is 0 Å². The van der Waals surface area contributed by atoms with Crippen molar-refractivity contribution in [2.45, 2.75) is 6.42 Å². The minimum absolute atomic E-state index is 0.0383. The number of hydrogen-bond acceptors (Lipinski definition) is 1. The Hall–Kier alpha value is -1.48. The van der Waals surface area contributed by atoms with Gasteiger partial charge in [-0.15, -0.1) is 11.6 Å². The third-order valence-electron chi connectivity index (χ3n) is 2.92. The maximum absolute atomic E-state index is 11.8. The SMILES string of the molecule is CN(C(=O)CCCl)c1cn(C)c2ccccc12. The number of para-hydroxylation sites is 1. The van der Waals surface area contributed by atoms with Crippen molar-refractivity contribution in [3.8, 4) is 0 Å². The number of nitrogens with zero attached hydrogens (tertiary/aromatic N) is 2. The summed E-state index contributed by atoms with van der Waals surface area (Å²) in [4.78, 5) is 13.5. The summed E-state index contributed by atoms with van der Waals surface area (Å²) in [5.41, 5.74) is 2.05. The molecule has 1 heterocycles. The number of carbonyl (C=O) groups excluding carboxylic acids is 1. The van der Waals surface area contributed by atoms with Crippen molar-refractivity contribution >= 4 is 34.1 Å². The summed E-state index contributed by atoms with van der Waals surface area (Å²) in [6.07, 6.45) is 2.33. The molecule has 0 bridgehead atoms. The predicted molar refractivity (Wildman–Crippen MR) is 71.7 cm³/mol. The lowest BCUT2D eigenvalue weighted by Crippen LogP contribution is -2.26. The predicted octanol–water partition coefficient (Wildman–Crippen LogP) is 2.77. The molecule has 17 heavy (non-hydrogen) atoms. The lowest BCUT2D eigenvalue weighted by molar-refractivity contribution is -0.117. The minimum Gasteiger partial charge on any atom is -0.348 e. The Balaban J connectivity index is 2.45. The molecule has 1 aromatic carbocycles.